The van der Waals surface area contributed by atoms with Gasteiger partial charge in [0.05, 0.1) is 5.52 Å². The monoisotopic (exact) mass is 407 g/mol. The summed E-state index contributed by atoms with van der Waals surface area (Å²) < 4.78 is 0. The number of pyridine rings is 1. The molecule has 0 bridgehead atoms. The molecule has 0 aliphatic carbocycles. The van der Waals surface area contributed by atoms with Gasteiger partial charge >= 0.3 is 0 Å². The van der Waals surface area contributed by atoms with Gasteiger partial charge in [-0.15, -0.1) is 0 Å². The molecule has 1 aliphatic heterocycles. The molecule has 0 fully saturated rings. The van der Waals surface area contributed by atoms with Gasteiger partial charge in [-0.2, -0.15) is 0 Å². The molecule has 0 spiro atoms. The van der Waals surface area contributed by atoms with Gasteiger partial charge in [0.1, 0.15) is 0 Å². The summed E-state index contributed by atoms with van der Waals surface area (Å²) in [7, 11) is 0. The molecule has 31 heavy (non-hydrogen) atoms. The minimum atomic E-state index is -0.0315. The third kappa shape index (κ3) is 4.07. The van der Waals surface area contributed by atoms with Gasteiger partial charge in [-0.25, -0.2) is 0 Å². The summed E-state index contributed by atoms with van der Waals surface area (Å²) in [6.45, 7) is 4.68. The second-order valence-corrected chi connectivity index (χ2v) is 8.21. The third-order valence-electron chi connectivity index (χ3n) is 6.00. The van der Waals surface area contributed by atoms with Crippen molar-refractivity contribution in [2.24, 2.45) is 0 Å². The number of para-hydroxylation sites is 1. The molecule has 4 nitrogen and oxygen atoms in total. The molecular formula is C27H25N3O. The van der Waals surface area contributed by atoms with Crippen LogP contribution in [0.15, 0.2) is 79.0 Å². The molecule has 4 heteroatoms. The van der Waals surface area contributed by atoms with E-state index in [9.17, 15) is 4.79 Å². The number of carbonyl (C=O) groups excluding carboxylic acids is 1. The number of hydrogen-bond donors (Lipinski definition) is 1. The Kier molecular flexibility index (Phi) is 5.23. The summed E-state index contributed by atoms with van der Waals surface area (Å²) in [5.74, 6) is -0.0315. The summed E-state index contributed by atoms with van der Waals surface area (Å²) in [5, 5.41) is 4.27. The minimum Gasteiger partial charge on any atom is -0.322 e. The smallest absolute Gasteiger partial charge is 0.255 e. The van der Waals surface area contributed by atoms with Crippen LogP contribution < -0.4 is 5.32 Å². The number of aromatic nitrogens is 1. The number of amides is 1. The molecule has 0 unspecified atom stereocenters. The lowest BCUT2D eigenvalue weighted by Crippen LogP contribution is -2.31. The topological polar surface area (TPSA) is 45.2 Å². The Morgan fingerprint density at radius 3 is 2.81 bits per heavy atom. The summed E-state index contributed by atoms with van der Waals surface area (Å²) in [5.41, 5.74) is 7.49. The van der Waals surface area contributed by atoms with Crippen LogP contribution in [0.3, 0.4) is 0 Å². The number of rotatable bonds is 4. The summed E-state index contributed by atoms with van der Waals surface area (Å²) in [6, 6.07) is 24.4. The van der Waals surface area contributed by atoms with Gasteiger partial charge in [-0.3, -0.25) is 14.7 Å². The molecule has 2 heterocycles. The highest BCUT2D eigenvalue weighted by Gasteiger charge is 2.22. The number of nitrogens with one attached hydrogen (secondary N) is 1. The maximum Gasteiger partial charge on any atom is 0.255 e. The zero-order valence-electron chi connectivity index (χ0n) is 17.6. The van der Waals surface area contributed by atoms with E-state index in [4.69, 9.17) is 0 Å². The fourth-order valence-corrected chi connectivity index (χ4v) is 4.47. The fourth-order valence-electron chi connectivity index (χ4n) is 4.47. The number of nitrogens with zero attached hydrogens (tertiary/aromatic N) is 2. The third-order valence-corrected chi connectivity index (χ3v) is 6.00. The van der Waals surface area contributed by atoms with E-state index in [1.54, 1.807) is 0 Å². The van der Waals surface area contributed by atoms with Crippen molar-refractivity contribution in [1.82, 2.24) is 9.88 Å². The van der Waals surface area contributed by atoms with Gasteiger partial charge in [0.25, 0.3) is 5.91 Å². The Labute approximate surface area is 182 Å². The number of anilines is 1. The normalized spacial score (nSPS) is 13.7. The minimum absolute atomic E-state index is 0.0315. The van der Waals surface area contributed by atoms with E-state index < -0.39 is 0 Å². The standard InChI is InChI=1S/C27H25N3O/c1-19-6-4-8-22(16-19)29-27(31)25-10-5-7-20-17-30(15-13-23(20)25)18-21-12-14-28-26-11-3-2-9-24(21)26/h2-12,14,16H,13,15,17-18H2,1H3,(H,29,31). The first-order chi connectivity index (χ1) is 15.2. The molecule has 1 aromatic heterocycles. The molecule has 3 aromatic carbocycles. The fraction of sp³-hybridized carbons (Fsp3) is 0.185. The van der Waals surface area contributed by atoms with Gasteiger partial charge in [0.2, 0.25) is 0 Å². The molecular weight excluding hydrogens is 382 g/mol. The van der Waals surface area contributed by atoms with Crippen molar-refractivity contribution in [1.29, 1.82) is 0 Å². The SMILES string of the molecule is Cc1cccc(NC(=O)c2cccc3c2CCN(Cc2ccnc4ccccc24)C3)c1. The Hall–Kier alpha value is -3.50. The lowest BCUT2D eigenvalue weighted by Gasteiger charge is -2.30. The quantitative estimate of drug-likeness (QED) is 0.496. The van der Waals surface area contributed by atoms with E-state index in [0.29, 0.717) is 0 Å². The van der Waals surface area contributed by atoms with E-state index in [0.717, 1.165) is 48.4 Å². The molecule has 0 atom stereocenters. The largest absolute Gasteiger partial charge is 0.322 e. The number of fused-ring (bicyclic) bond motifs is 2. The Bertz CT molecular complexity index is 1260. The Balaban J connectivity index is 1.35. The molecule has 1 aliphatic rings. The highest BCUT2D eigenvalue weighted by molar-refractivity contribution is 6.05. The van der Waals surface area contributed by atoms with Crippen molar-refractivity contribution in [2.75, 3.05) is 11.9 Å². The van der Waals surface area contributed by atoms with Crippen LogP contribution in [0.25, 0.3) is 10.9 Å². The maximum absolute atomic E-state index is 13.0. The lowest BCUT2D eigenvalue weighted by atomic mass is 9.93. The van der Waals surface area contributed by atoms with Gasteiger partial charge < -0.3 is 5.32 Å². The van der Waals surface area contributed by atoms with Gasteiger partial charge in [0.15, 0.2) is 0 Å². The van der Waals surface area contributed by atoms with Crippen molar-refractivity contribution >= 4 is 22.5 Å². The molecule has 0 radical (unpaired) electrons. The van der Waals surface area contributed by atoms with E-state index in [2.05, 4.69) is 45.5 Å². The lowest BCUT2D eigenvalue weighted by molar-refractivity contribution is 0.102. The molecule has 154 valence electrons. The predicted molar refractivity (Wildman–Crippen MR) is 125 cm³/mol. The highest BCUT2D eigenvalue weighted by Crippen LogP contribution is 2.26. The second-order valence-electron chi connectivity index (χ2n) is 8.21. The molecule has 5 rings (SSSR count). The van der Waals surface area contributed by atoms with Crippen LogP contribution in [0.4, 0.5) is 5.69 Å². The Morgan fingerprint density at radius 2 is 1.90 bits per heavy atom. The molecule has 0 saturated heterocycles. The first kappa shape index (κ1) is 19.5. The van der Waals surface area contributed by atoms with Crippen molar-refractivity contribution < 1.29 is 4.79 Å². The van der Waals surface area contributed by atoms with Crippen molar-refractivity contribution in [2.45, 2.75) is 26.4 Å². The number of hydrogen-bond acceptors (Lipinski definition) is 3. The second kappa shape index (κ2) is 8.32. The van der Waals surface area contributed by atoms with Gasteiger partial charge in [0, 0.05) is 42.5 Å². The number of aryl methyl sites for hydroxylation is 1. The van der Waals surface area contributed by atoms with E-state index in [1.807, 2.05) is 55.6 Å². The average molecular weight is 408 g/mol. The van der Waals surface area contributed by atoms with Crippen LogP contribution in [0.5, 0.6) is 0 Å². The van der Waals surface area contributed by atoms with Crippen LogP contribution in [0, 0.1) is 6.92 Å². The first-order valence-corrected chi connectivity index (χ1v) is 10.7. The molecule has 0 saturated carbocycles. The van der Waals surface area contributed by atoms with Crippen LogP contribution in [-0.2, 0) is 19.5 Å². The van der Waals surface area contributed by atoms with Gasteiger partial charge in [-0.05, 0) is 65.9 Å². The molecule has 1 N–H and O–H groups in total. The number of carbonyl (C=O) groups is 1. The maximum atomic E-state index is 13.0. The summed E-state index contributed by atoms with van der Waals surface area (Å²) in [4.78, 5) is 19.9. The van der Waals surface area contributed by atoms with Crippen molar-refractivity contribution in [3.05, 3.63) is 107 Å². The van der Waals surface area contributed by atoms with Crippen molar-refractivity contribution in [3.63, 3.8) is 0 Å². The number of benzene rings is 3. The van der Waals surface area contributed by atoms with Crippen LogP contribution in [-0.4, -0.2) is 22.3 Å². The predicted octanol–water partition coefficient (Wildman–Crippen LogP) is 5.35. The zero-order valence-corrected chi connectivity index (χ0v) is 17.6. The first-order valence-electron chi connectivity index (χ1n) is 10.7. The molecule has 4 aromatic rings. The van der Waals surface area contributed by atoms with Crippen molar-refractivity contribution in [3.8, 4) is 0 Å². The average Bonchev–Trinajstić information content (AvgIpc) is 2.79. The van der Waals surface area contributed by atoms with E-state index in [1.165, 1.54) is 22.1 Å². The van der Waals surface area contributed by atoms with Gasteiger partial charge in [-0.1, -0.05) is 42.5 Å². The summed E-state index contributed by atoms with van der Waals surface area (Å²) in [6.07, 6.45) is 2.76. The van der Waals surface area contributed by atoms with Crippen LogP contribution >= 0.6 is 0 Å². The zero-order chi connectivity index (χ0) is 21.2. The van der Waals surface area contributed by atoms with E-state index in [-0.39, 0.29) is 5.91 Å². The Morgan fingerprint density at radius 1 is 1.03 bits per heavy atom. The van der Waals surface area contributed by atoms with E-state index >= 15 is 0 Å². The van der Waals surface area contributed by atoms with Crippen LogP contribution in [0.1, 0.15) is 32.6 Å². The molecule has 1 amide bonds. The summed E-state index contributed by atoms with van der Waals surface area (Å²) >= 11 is 0. The highest BCUT2D eigenvalue weighted by atomic mass is 16.1. The van der Waals surface area contributed by atoms with Crippen LogP contribution in [0.2, 0.25) is 0 Å².